The van der Waals surface area contributed by atoms with Crippen LogP contribution in [0.25, 0.3) is 22.2 Å². The molecule has 6 nitrogen and oxygen atoms in total. The molecule has 1 aliphatic rings. The molecule has 4 aromatic rings. The number of nitriles is 1. The first kappa shape index (κ1) is 22.3. The van der Waals surface area contributed by atoms with E-state index in [9.17, 15) is 10.1 Å². The maximum atomic E-state index is 12.9. The average molecular weight is 514 g/mol. The molecule has 0 spiro atoms. The zero-order valence-corrected chi connectivity index (χ0v) is 20.5. The van der Waals surface area contributed by atoms with Crippen LogP contribution >= 0.6 is 15.9 Å². The zero-order valence-electron chi connectivity index (χ0n) is 18.9. The number of pyridine rings is 2. The lowest BCUT2D eigenvalue weighted by molar-refractivity contribution is 0.250. The van der Waals surface area contributed by atoms with Gasteiger partial charge in [0.15, 0.2) is 0 Å². The minimum atomic E-state index is -0.284. The fourth-order valence-electron chi connectivity index (χ4n) is 4.71. The third-order valence-corrected chi connectivity index (χ3v) is 6.92. The van der Waals surface area contributed by atoms with Gasteiger partial charge in [-0.2, -0.15) is 5.26 Å². The molecule has 0 radical (unpaired) electrons. The summed E-state index contributed by atoms with van der Waals surface area (Å²) in [5.41, 5.74) is 5.69. The number of hydrogen-bond donors (Lipinski definition) is 0. The van der Waals surface area contributed by atoms with Crippen molar-refractivity contribution in [3.05, 3.63) is 92.8 Å². The van der Waals surface area contributed by atoms with E-state index in [-0.39, 0.29) is 11.1 Å². The quantitative estimate of drug-likeness (QED) is 0.374. The maximum absolute atomic E-state index is 12.9. The normalized spacial score (nSPS) is 14.3. The molecule has 0 atom stereocenters. The number of rotatable bonds is 4. The molecule has 2 aromatic heterocycles. The Labute approximate surface area is 206 Å². The van der Waals surface area contributed by atoms with E-state index in [2.05, 4.69) is 85.3 Å². The van der Waals surface area contributed by atoms with Gasteiger partial charge in [0.05, 0.1) is 11.2 Å². The van der Waals surface area contributed by atoms with Crippen LogP contribution in [-0.4, -0.2) is 40.6 Å². The Hall–Kier alpha value is -3.47. The highest BCUT2D eigenvalue weighted by atomic mass is 79.9. The van der Waals surface area contributed by atoms with Gasteiger partial charge in [-0.3, -0.25) is 9.69 Å². The van der Waals surface area contributed by atoms with Crippen LogP contribution in [0.3, 0.4) is 0 Å². The zero-order chi connectivity index (χ0) is 23.7. The number of benzene rings is 2. The highest BCUT2D eigenvalue weighted by molar-refractivity contribution is 9.10. The molecular formula is C27H24BrN5O. The molecule has 34 heavy (non-hydrogen) atoms. The van der Waals surface area contributed by atoms with Crippen LogP contribution in [0, 0.1) is 11.3 Å². The Morgan fingerprint density at radius 2 is 1.68 bits per heavy atom. The van der Waals surface area contributed by atoms with Gasteiger partial charge < -0.3 is 9.47 Å². The van der Waals surface area contributed by atoms with E-state index in [0.717, 1.165) is 38.2 Å². The average Bonchev–Trinajstić information content (AvgIpc) is 2.87. The van der Waals surface area contributed by atoms with Crippen molar-refractivity contribution < 1.29 is 0 Å². The predicted octanol–water partition coefficient (Wildman–Crippen LogP) is 4.56. The third kappa shape index (κ3) is 4.11. The van der Waals surface area contributed by atoms with Crippen molar-refractivity contribution in [2.45, 2.75) is 6.54 Å². The van der Waals surface area contributed by atoms with Gasteiger partial charge in [0, 0.05) is 39.8 Å². The molecule has 2 aromatic carbocycles. The van der Waals surface area contributed by atoms with Crippen molar-refractivity contribution in [2.75, 3.05) is 31.1 Å². The molecule has 1 aliphatic heterocycles. The fourth-order valence-corrected chi connectivity index (χ4v) is 5.02. The molecule has 0 aliphatic carbocycles. The summed E-state index contributed by atoms with van der Waals surface area (Å²) in [6.45, 7) is 3.96. The van der Waals surface area contributed by atoms with E-state index in [1.54, 1.807) is 7.05 Å². The number of aromatic nitrogens is 2. The Balaban J connectivity index is 1.42. The summed E-state index contributed by atoms with van der Waals surface area (Å²) in [5.74, 6) is 0. The van der Waals surface area contributed by atoms with Gasteiger partial charge in [-0.25, -0.2) is 4.98 Å². The lowest BCUT2D eigenvalue weighted by Gasteiger charge is -2.37. The molecule has 0 unspecified atom stereocenters. The van der Waals surface area contributed by atoms with Crippen LogP contribution in [-0.2, 0) is 13.6 Å². The monoisotopic (exact) mass is 513 g/mol. The summed E-state index contributed by atoms with van der Waals surface area (Å²) in [5, 5.41) is 9.83. The fraction of sp³-hybridized carbons (Fsp3) is 0.222. The standard InChI is InChI=1S/C27H24BrN5O/c1-31-23-11-12-24(28)30-25(23)26(22(17-29)27(31)34)33-15-13-32(14-16-33)18-20-9-5-6-10-21(20)19-7-3-2-4-8-19/h2-12H,13-16,18H2,1H3. The lowest BCUT2D eigenvalue weighted by Crippen LogP contribution is -2.47. The van der Waals surface area contributed by atoms with E-state index in [1.165, 1.54) is 21.3 Å². The smallest absolute Gasteiger partial charge is 0.270 e. The number of nitrogens with zero attached hydrogens (tertiary/aromatic N) is 5. The third-order valence-electron chi connectivity index (χ3n) is 6.48. The number of fused-ring (bicyclic) bond motifs is 1. The molecule has 3 heterocycles. The van der Waals surface area contributed by atoms with Crippen LogP contribution in [0.15, 0.2) is 76.1 Å². The summed E-state index contributed by atoms with van der Waals surface area (Å²) >= 11 is 3.44. The van der Waals surface area contributed by atoms with E-state index >= 15 is 0 Å². The minimum absolute atomic E-state index is 0.156. The summed E-state index contributed by atoms with van der Waals surface area (Å²) < 4.78 is 2.19. The van der Waals surface area contributed by atoms with Crippen molar-refractivity contribution in [2.24, 2.45) is 7.05 Å². The highest BCUT2D eigenvalue weighted by Gasteiger charge is 2.25. The Morgan fingerprint density at radius 1 is 0.971 bits per heavy atom. The summed E-state index contributed by atoms with van der Waals surface area (Å²) in [7, 11) is 1.69. The number of hydrogen-bond acceptors (Lipinski definition) is 5. The van der Waals surface area contributed by atoms with Crippen molar-refractivity contribution in [3.8, 4) is 17.2 Å². The van der Waals surface area contributed by atoms with Gasteiger partial charge in [-0.05, 0) is 44.8 Å². The van der Waals surface area contributed by atoms with Crippen molar-refractivity contribution in [3.63, 3.8) is 0 Å². The van der Waals surface area contributed by atoms with Crippen molar-refractivity contribution in [1.82, 2.24) is 14.5 Å². The first-order chi connectivity index (χ1) is 16.6. The number of aryl methyl sites for hydroxylation is 1. The highest BCUT2D eigenvalue weighted by Crippen LogP contribution is 2.30. The Bertz CT molecular complexity index is 1450. The number of piperazine rings is 1. The van der Waals surface area contributed by atoms with Crippen molar-refractivity contribution >= 4 is 32.7 Å². The van der Waals surface area contributed by atoms with Crippen LogP contribution in [0.2, 0.25) is 0 Å². The second-order valence-corrected chi connectivity index (χ2v) is 9.30. The Morgan fingerprint density at radius 3 is 2.41 bits per heavy atom. The van der Waals surface area contributed by atoms with Crippen LogP contribution < -0.4 is 10.5 Å². The molecule has 0 bridgehead atoms. The van der Waals surface area contributed by atoms with Gasteiger partial charge in [-0.1, -0.05) is 54.6 Å². The second kappa shape index (κ2) is 9.41. The molecule has 1 fully saturated rings. The summed E-state index contributed by atoms with van der Waals surface area (Å²) in [4.78, 5) is 22.1. The number of anilines is 1. The number of halogens is 1. The molecule has 0 N–H and O–H groups in total. The van der Waals surface area contributed by atoms with Gasteiger partial charge in [-0.15, -0.1) is 0 Å². The van der Waals surface area contributed by atoms with Gasteiger partial charge >= 0.3 is 0 Å². The predicted molar refractivity (Wildman–Crippen MR) is 139 cm³/mol. The summed E-state index contributed by atoms with van der Waals surface area (Å²) in [6.07, 6.45) is 0. The van der Waals surface area contributed by atoms with E-state index in [1.807, 2.05) is 18.2 Å². The molecule has 1 saturated heterocycles. The molecule has 5 rings (SSSR count). The minimum Gasteiger partial charge on any atom is -0.366 e. The van der Waals surface area contributed by atoms with Gasteiger partial charge in [0.25, 0.3) is 5.56 Å². The Kier molecular flexibility index (Phi) is 6.18. The van der Waals surface area contributed by atoms with Gasteiger partial charge in [0.2, 0.25) is 0 Å². The maximum Gasteiger partial charge on any atom is 0.270 e. The van der Waals surface area contributed by atoms with Crippen molar-refractivity contribution in [1.29, 1.82) is 5.26 Å². The largest absolute Gasteiger partial charge is 0.366 e. The molecule has 0 saturated carbocycles. The van der Waals surface area contributed by atoms with Gasteiger partial charge in [0.1, 0.15) is 21.8 Å². The van der Waals surface area contributed by atoms with Crippen LogP contribution in [0.5, 0.6) is 0 Å². The SMILES string of the molecule is Cn1c(=O)c(C#N)c(N2CCN(Cc3ccccc3-c3ccccc3)CC2)c2nc(Br)ccc21. The first-order valence-electron chi connectivity index (χ1n) is 11.3. The van der Waals surface area contributed by atoms with E-state index in [4.69, 9.17) is 0 Å². The second-order valence-electron chi connectivity index (χ2n) is 8.49. The van der Waals surface area contributed by atoms with Crippen LogP contribution in [0.4, 0.5) is 5.69 Å². The van der Waals surface area contributed by atoms with Crippen LogP contribution in [0.1, 0.15) is 11.1 Å². The lowest BCUT2D eigenvalue weighted by atomic mass is 9.99. The topological polar surface area (TPSA) is 65.2 Å². The molecular weight excluding hydrogens is 490 g/mol. The van der Waals surface area contributed by atoms with E-state index in [0.29, 0.717) is 15.8 Å². The molecule has 7 heteroatoms. The first-order valence-corrected chi connectivity index (χ1v) is 12.1. The molecule has 170 valence electrons. The molecule has 0 amide bonds. The summed E-state index contributed by atoms with van der Waals surface area (Å²) in [6, 6.07) is 24.8. The van der Waals surface area contributed by atoms with E-state index < -0.39 is 0 Å².